The molecule has 38 heavy (non-hydrogen) atoms. The van der Waals surface area contributed by atoms with E-state index in [2.05, 4.69) is 26.3 Å². The molecule has 8 heteroatoms. The maximum atomic E-state index is 13.5. The third-order valence-electron chi connectivity index (χ3n) is 6.00. The second-order valence-electron chi connectivity index (χ2n) is 9.05. The largest absolute Gasteiger partial charge is 0.483 e. The summed E-state index contributed by atoms with van der Waals surface area (Å²) < 4.78 is 8.08. The molecule has 5 aromatic rings. The number of nitrogens with one attached hydrogen (secondary N) is 1. The van der Waals surface area contributed by atoms with Crippen LogP contribution in [0.25, 0.3) is 21.7 Å². The molecule has 5 rings (SSSR count). The second-order valence-corrected chi connectivity index (χ2v) is 9.96. The van der Waals surface area contributed by atoms with E-state index in [4.69, 9.17) is 9.72 Å². The highest BCUT2D eigenvalue weighted by molar-refractivity contribution is 9.10. The third kappa shape index (κ3) is 5.35. The first kappa shape index (κ1) is 25.4. The summed E-state index contributed by atoms with van der Waals surface area (Å²) in [6, 6.07) is 26.2. The fourth-order valence-electron chi connectivity index (χ4n) is 4.16. The number of aromatic nitrogens is 2. The Morgan fingerprint density at radius 1 is 1.03 bits per heavy atom. The van der Waals surface area contributed by atoms with Crippen molar-refractivity contribution >= 4 is 55.4 Å². The molecule has 0 spiro atoms. The summed E-state index contributed by atoms with van der Waals surface area (Å²) in [6.45, 7) is 3.75. The fourth-order valence-corrected chi connectivity index (χ4v) is 4.52. The van der Waals surface area contributed by atoms with E-state index < -0.39 is 0 Å². The lowest BCUT2D eigenvalue weighted by Crippen LogP contribution is -2.23. The molecule has 0 atom stereocenters. The van der Waals surface area contributed by atoms with Gasteiger partial charge in [0.05, 0.1) is 17.1 Å². The molecule has 0 saturated heterocycles. The summed E-state index contributed by atoms with van der Waals surface area (Å²) in [5.74, 6) is 0.699. The van der Waals surface area contributed by atoms with Crippen molar-refractivity contribution in [3.05, 3.63) is 111 Å². The minimum absolute atomic E-state index is 0.0437. The van der Waals surface area contributed by atoms with Crippen LogP contribution in [0.15, 0.2) is 99.3 Å². The van der Waals surface area contributed by atoms with Crippen molar-refractivity contribution in [2.45, 2.75) is 19.8 Å². The maximum absolute atomic E-state index is 13.5. The number of ether oxygens (including phenoxy) is 1. The van der Waals surface area contributed by atoms with Crippen LogP contribution in [0, 0.1) is 0 Å². The van der Waals surface area contributed by atoms with Gasteiger partial charge in [0.25, 0.3) is 11.5 Å². The summed E-state index contributed by atoms with van der Waals surface area (Å²) in [6.07, 6.45) is 1.60. The number of rotatable bonds is 7. The van der Waals surface area contributed by atoms with Crippen LogP contribution in [-0.4, -0.2) is 28.4 Å². The van der Waals surface area contributed by atoms with E-state index in [1.165, 1.54) is 4.68 Å². The maximum Gasteiger partial charge on any atom is 0.282 e. The Bertz CT molecular complexity index is 1730. The van der Waals surface area contributed by atoms with Crippen LogP contribution in [0.2, 0.25) is 0 Å². The van der Waals surface area contributed by atoms with Crippen molar-refractivity contribution in [2.24, 2.45) is 5.10 Å². The van der Waals surface area contributed by atoms with Gasteiger partial charge in [0, 0.05) is 21.6 Å². The summed E-state index contributed by atoms with van der Waals surface area (Å²) in [4.78, 5) is 30.7. The number of carbonyl (C=O) groups is 1. The molecule has 1 aromatic heterocycles. The zero-order valence-electron chi connectivity index (χ0n) is 20.9. The number of para-hydroxylation sites is 1. The van der Waals surface area contributed by atoms with E-state index in [0.29, 0.717) is 33.7 Å². The highest BCUT2D eigenvalue weighted by Gasteiger charge is 2.15. The molecule has 0 aliphatic rings. The molecule has 1 heterocycles. The Kier molecular flexibility index (Phi) is 7.33. The summed E-state index contributed by atoms with van der Waals surface area (Å²) >= 11 is 3.44. The van der Waals surface area contributed by atoms with E-state index in [0.717, 1.165) is 15.2 Å². The van der Waals surface area contributed by atoms with Gasteiger partial charge in [0.15, 0.2) is 6.61 Å². The molecular formula is C30H25BrN4O3. The topological polar surface area (TPSA) is 85.6 Å². The van der Waals surface area contributed by atoms with Crippen LogP contribution in [-0.2, 0) is 4.79 Å². The van der Waals surface area contributed by atoms with E-state index in [1.54, 1.807) is 18.3 Å². The first-order valence-corrected chi connectivity index (χ1v) is 13.0. The molecule has 7 nitrogen and oxygen atoms in total. The summed E-state index contributed by atoms with van der Waals surface area (Å²) in [7, 11) is 0. The van der Waals surface area contributed by atoms with E-state index in [-0.39, 0.29) is 24.0 Å². The van der Waals surface area contributed by atoms with Gasteiger partial charge >= 0.3 is 0 Å². The number of halogens is 1. The van der Waals surface area contributed by atoms with Gasteiger partial charge in [-0.3, -0.25) is 9.59 Å². The molecule has 0 radical (unpaired) electrons. The standard InChI is InChI=1S/C30H25BrN4O3/c1-19(2)29-34-26-14-13-21(31)16-24(26)30(37)35(29)32-17-25-23-11-7-6-8-20(23)12-15-27(25)38-18-28(36)33-22-9-4-3-5-10-22/h3-17,19H,18H2,1-2H3,(H,33,36). The Hall–Kier alpha value is -4.30. The van der Waals surface area contributed by atoms with Crippen LogP contribution in [0.5, 0.6) is 5.75 Å². The lowest BCUT2D eigenvalue weighted by atomic mass is 10.0. The molecule has 190 valence electrons. The number of anilines is 1. The van der Waals surface area contributed by atoms with Crippen LogP contribution >= 0.6 is 15.9 Å². The van der Waals surface area contributed by atoms with Crippen molar-refractivity contribution < 1.29 is 9.53 Å². The van der Waals surface area contributed by atoms with Gasteiger partial charge in [0.1, 0.15) is 11.6 Å². The Morgan fingerprint density at radius 3 is 2.58 bits per heavy atom. The molecular weight excluding hydrogens is 544 g/mol. The summed E-state index contributed by atoms with van der Waals surface area (Å²) in [5, 5.41) is 9.75. The number of amides is 1. The number of hydrogen-bond donors (Lipinski definition) is 1. The zero-order chi connectivity index (χ0) is 26.6. The molecule has 0 saturated carbocycles. The first-order chi connectivity index (χ1) is 18.4. The van der Waals surface area contributed by atoms with Gasteiger partial charge in [-0.15, -0.1) is 0 Å². The smallest absolute Gasteiger partial charge is 0.282 e. The molecule has 0 aliphatic heterocycles. The van der Waals surface area contributed by atoms with Crippen LogP contribution in [0.3, 0.4) is 0 Å². The van der Waals surface area contributed by atoms with E-state index in [1.807, 2.05) is 86.6 Å². The van der Waals surface area contributed by atoms with Crippen molar-refractivity contribution in [3.63, 3.8) is 0 Å². The number of nitrogens with zero attached hydrogens (tertiary/aromatic N) is 3. The molecule has 1 amide bonds. The number of hydrogen-bond acceptors (Lipinski definition) is 5. The monoisotopic (exact) mass is 568 g/mol. The van der Waals surface area contributed by atoms with Gasteiger partial charge in [-0.05, 0) is 47.2 Å². The van der Waals surface area contributed by atoms with Gasteiger partial charge in [-0.25, -0.2) is 4.98 Å². The normalized spacial score (nSPS) is 11.5. The molecule has 4 aromatic carbocycles. The van der Waals surface area contributed by atoms with E-state index in [9.17, 15) is 9.59 Å². The Labute approximate surface area is 227 Å². The average molecular weight is 569 g/mol. The Morgan fingerprint density at radius 2 is 1.79 bits per heavy atom. The predicted octanol–water partition coefficient (Wildman–Crippen LogP) is 6.34. The molecule has 0 aliphatic carbocycles. The van der Waals surface area contributed by atoms with Crippen LogP contribution in [0.4, 0.5) is 5.69 Å². The minimum Gasteiger partial charge on any atom is -0.483 e. The first-order valence-electron chi connectivity index (χ1n) is 12.2. The highest BCUT2D eigenvalue weighted by atomic mass is 79.9. The molecule has 0 fully saturated rings. The fraction of sp³-hybridized carbons (Fsp3) is 0.133. The van der Waals surface area contributed by atoms with Crippen molar-refractivity contribution in [1.82, 2.24) is 9.66 Å². The summed E-state index contributed by atoms with van der Waals surface area (Å²) in [5.41, 5.74) is 1.71. The molecule has 1 N–H and O–H groups in total. The van der Waals surface area contributed by atoms with Gasteiger partial charge < -0.3 is 10.1 Å². The number of benzene rings is 4. The van der Waals surface area contributed by atoms with Crippen molar-refractivity contribution in [2.75, 3.05) is 11.9 Å². The van der Waals surface area contributed by atoms with Gasteiger partial charge in [0.2, 0.25) is 0 Å². The average Bonchev–Trinajstić information content (AvgIpc) is 2.92. The third-order valence-corrected chi connectivity index (χ3v) is 6.49. The SMILES string of the molecule is CC(C)c1nc2ccc(Br)cc2c(=O)n1N=Cc1c(OCC(=O)Nc2ccccc2)ccc2ccccc12. The lowest BCUT2D eigenvalue weighted by Gasteiger charge is -2.14. The van der Waals surface area contributed by atoms with Crippen molar-refractivity contribution in [3.8, 4) is 5.75 Å². The van der Waals surface area contributed by atoms with E-state index >= 15 is 0 Å². The van der Waals surface area contributed by atoms with Gasteiger partial charge in [-0.2, -0.15) is 9.78 Å². The van der Waals surface area contributed by atoms with Crippen LogP contribution in [0.1, 0.15) is 31.2 Å². The van der Waals surface area contributed by atoms with Crippen LogP contribution < -0.4 is 15.6 Å². The number of fused-ring (bicyclic) bond motifs is 2. The van der Waals surface area contributed by atoms with Gasteiger partial charge in [-0.1, -0.05) is 78.3 Å². The number of carbonyl (C=O) groups excluding carboxylic acids is 1. The quantitative estimate of drug-likeness (QED) is 0.232. The minimum atomic E-state index is -0.283. The second kappa shape index (κ2) is 11.0. The highest BCUT2D eigenvalue weighted by Crippen LogP contribution is 2.27. The molecule has 0 unspecified atom stereocenters. The lowest BCUT2D eigenvalue weighted by molar-refractivity contribution is -0.118. The molecule has 0 bridgehead atoms. The van der Waals surface area contributed by atoms with Crippen molar-refractivity contribution in [1.29, 1.82) is 0 Å². The zero-order valence-corrected chi connectivity index (χ0v) is 22.5. The Balaban J connectivity index is 1.54. The predicted molar refractivity (Wildman–Crippen MR) is 155 cm³/mol.